The fourth-order valence-corrected chi connectivity index (χ4v) is 2.24. The molecule has 0 unspecified atom stereocenters. The number of ether oxygens (including phenoxy) is 2. The SMILES string of the molecule is CCCOc1ccc(-c2n[nH]nc2C(=O)OCC)cc1Br. The Balaban J connectivity index is 2.29. The second kappa shape index (κ2) is 7.21. The summed E-state index contributed by atoms with van der Waals surface area (Å²) in [5.74, 6) is 0.255. The Labute approximate surface area is 131 Å². The lowest BCUT2D eigenvalue weighted by molar-refractivity contribution is 0.0520. The van der Waals surface area contributed by atoms with E-state index in [0.29, 0.717) is 18.9 Å². The van der Waals surface area contributed by atoms with Crippen molar-refractivity contribution in [2.24, 2.45) is 0 Å². The zero-order valence-corrected chi connectivity index (χ0v) is 13.4. The number of esters is 1. The molecule has 0 fully saturated rings. The van der Waals surface area contributed by atoms with Crippen LogP contribution in [0.3, 0.4) is 0 Å². The summed E-state index contributed by atoms with van der Waals surface area (Å²) in [5.41, 5.74) is 1.38. The molecule has 0 amide bonds. The van der Waals surface area contributed by atoms with Crippen molar-refractivity contribution in [1.29, 1.82) is 0 Å². The predicted molar refractivity (Wildman–Crippen MR) is 81.3 cm³/mol. The number of hydrogen-bond donors (Lipinski definition) is 1. The number of rotatable bonds is 6. The smallest absolute Gasteiger partial charge is 0.361 e. The van der Waals surface area contributed by atoms with Crippen molar-refractivity contribution in [1.82, 2.24) is 15.4 Å². The van der Waals surface area contributed by atoms with Crippen molar-refractivity contribution in [2.45, 2.75) is 20.3 Å². The second-order valence-electron chi connectivity index (χ2n) is 4.23. The average molecular weight is 354 g/mol. The minimum atomic E-state index is -0.497. The van der Waals surface area contributed by atoms with Crippen LogP contribution in [0.25, 0.3) is 11.3 Å². The fraction of sp³-hybridized carbons (Fsp3) is 0.357. The maximum absolute atomic E-state index is 11.8. The molecule has 0 aliphatic carbocycles. The topological polar surface area (TPSA) is 77.1 Å². The first kappa shape index (κ1) is 15.5. The van der Waals surface area contributed by atoms with Crippen molar-refractivity contribution >= 4 is 21.9 Å². The largest absolute Gasteiger partial charge is 0.492 e. The van der Waals surface area contributed by atoms with Crippen molar-refractivity contribution in [3.63, 3.8) is 0 Å². The summed E-state index contributed by atoms with van der Waals surface area (Å²) in [6, 6.07) is 5.50. The molecule has 0 spiro atoms. The van der Waals surface area contributed by atoms with Gasteiger partial charge in [-0.1, -0.05) is 6.92 Å². The normalized spacial score (nSPS) is 10.4. The lowest BCUT2D eigenvalue weighted by Gasteiger charge is -2.08. The number of carbonyl (C=O) groups is 1. The number of benzene rings is 1. The summed E-state index contributed by atoms with van der Waals surface area (Å²) < 4.78 is 11.3. The number of H-pyrrole nitrogens is 1. The Morgan fingerprint density at radius 3 is 2.81 bits per heavy atom. The highest BCUT2D eigenvalue weighted by Crippen LogP contribution is 2.31. The number of halogens is 1. The minimum absolute atomic E-state index is 0.172. The van der Waals surface area contributed by atoms with E-state index in [0.717, 1.165) is 22.2 Å². The Kier molecular flexibility index (Phi) is 5.32. The Morgan fingerprint density at radius 1 is 1.33 bits per heavy atom. The van der Waals surface area contributed by atoms with Crippen molar-refractivity contribution in [2.75, 3.05) is 13.2 Å². The minimum Gasteiger partial charge on any atom is -0.492 e. The monoisotopic (exact) mass is 353 g/mol. The highest BCUT2D eigenvalue weighted by atomic mass is 79.9. The molecule has 21 heavy (non-hydrogen) atoms. The van der Waals surface area contributed by atoms with E-state index >= 15 is 0 Å². The molecule has 6 nitrogen and oxygen atoms in total. The van der Waals surface area contributed by atoms with E-state index in [4.69, 9.17) is 9.47 Å². The molecule has 1 N–H and O–H groups in total. The van der Waals surface area contributed by atoms with Gasteiger partial charge in [0.1, 0.15) is 11.4 Å². The van der Waals surface area contributed by atoms with E-state index in [1.807, 2.05) is 25.1 Å². The maximum atomic E-state index is 11.8. The van der Waals surface area contributed by atoms with Gasteiger partial charge < -0.3 is 9.47 Å². The van der Waals surface area contributed by atoms with E-state index in [2.05, 4.69) is 31.3 Å². The first-order valence-electron chi connectivity index (χ1n) is 6.68. The number of hydrogen-bond acceptors (Lipinski definition) is 5. The van der Waals surface area contributed by atoms with E-state index in [1.54, 1.807) is 6.92 Å². The van der Waals surface area contributed by atoms with Gasteiger partial charge >= 0.3 is 5.97 Å². The zero-order valence-electron chi connectivity index (χ0n) is 11.9. The summed E-state index contributed by atoms with van der Waals surface area (Å²) in [4.78, 5) is 11.8. The van der Waals surface area contributed by atoms with Crippen LogP contribution in [0.1, 0.15) is 30.8 Å². The Bertz CT molecular complexity index is 628. The van der Waals surface area contributed by atoms with Gasteiger partial charge in [0.05, 0.1) is 17.7 Å². The average Bonchev–Trinajstić information content (AvgIpc) is 2.95. The Hall–Kier alpha value is -1.89. The van der Waals surface area contributed by atoms with Gasteiger partial charge in [0.2, 0.25) is 0 Å². The molecule has 0 aliphatic rings. The third-order valence-electron chi connectivity index (χ3n) is 2.68. The molecule has 7 heteroatoms. The molecule has 0 atom stereocenters. The first-order valence-corrected chi connectivity index (χ1v) is 7.47. The quantitative estimate of drug-likeness (QED) is 0.806. The van der Waals surface area contributed by atoms with Crippen LogP contribution in [0, 0.1) is 0 Å². The third-order valence-corrected chi connectivity index (χ3v) is 3.30. The van der Waals surface area contributed by atoms with Crippen LogP contribution in [0.2, 0.25) is 0 Å². The number of aromatic nitrogens is 3. The highest BCUT2D eigenvalue weighted by molar-refractivity contribution is 9.10. The lowest BCUT2D eigenvalue weighted by atomic mass is 10.1. The summed E-state index contributed by atoms with van der Waals surface area (Å²) in [5, 5.41) is 10.3. The van der Waals surface area contributed by atoms with Gasteiger partial charge in [0.25, 0.3) is 0 Å². The predicted octanol–water partition coefficient (Wildman–Crippen LogP) is 3.20. The van der Waals surface area contributed by atoms with Crippen LogP contribution < -0.4 is 4.74 Å². The van der Waals surface area contributed by atoms with Gasteiger partial charge in [0, 0.05) is 5.56 Å². The maximum Gasteiger partial charge on any atom is 0.361 e. The molecule has 1 aromatic carbocycles. The molecule has 1 heterocycles. The molecule has 0 saturated carbocycles. The molecular formula is C14H16BrN3O3. The summed E-state index contributed by atoms with van der Waals surface area (Å²) in [6.07, 6.45) is 0.935. The lowest BCUT2D eigenvalue weighted by Crippen LogP contribution is -2.06. The van der Waals surface area contributed by atoms with Crippen LogP contribution in [0.5, 0.6) is 5.75 Å². The molecule has 112 valence electrons. The number of nitrogens with one attached hydrogen (secondary N) is 1. The van der Waals surface area contributed by atoms with Crippen molar-refractivity contribution < 1.29 is 14.3 Å². The van der Waals surface area contributed by atoms with Crippen molar-refractivity contribution in [3.8, 4) is 17.0 Å². The second-order valence-corrected chi connectivity index (χ2v) is 5.09. The molecule has 2 rings (SSSR count). The van der Waals surface area contributed by atoms with Gasteiger partial charge in [-0.25, -0.2) is 4.79 Å². The van der Waals surface area contributed by atoms with Crippen LogP contribution >= 0.6 is 15.9 Å². The highest BCUT2D eigenvalue weighted by Gasteiger charge is 2.19. The van der Waals surface area contributed by atoms with Crippen LogP contribution in [0.15, 0.2) is 22.7 Å². The van der Waals surface area contributed by atoms with Gasteiger partial charge in [-0.2, -0.15) is 10.3 Å². The number of aromatic amines is 1. The van der Waals surface area contributed by atoms with Crippen LogP contribution in [-0.2, 0) is 4.74 Å². The standard InChI is InChI=1S/C14H16BrN3O3/c1-3-7-21-11-6-5-9(8-10(11)15)12-13(17-18-16-12)14(19)20-4-2/h5-6,8H,3-4,7H2,1-2H3,(H,16,17,18). The number of carbonyl (C=O) groups excluding carboxylic acids is 1. The molecular weight excluding hydrogens is 338 g/mol. The first-order chi connectivity index (χ1) is 10.2. The number of nitrogens with zero attached hydrogens (tertiary/aromatic N) is 2. The molecule has 0 radical (unpaired) electrons. The molecule has 0 bridgehead atoms. The molecule has 1 aromatic heterocycles. The molecule has 0 saturated heterocycles. The summed E-state index contributed by atoms with van der Waals surface area (Å²) >= 11 is 3.46. The summed E-state index contributed by atoms with van der Waals surface area (Å²) in [6.45, 7) is 4.73. The van der Waals surface area contributed by atoms with E-state index in [-0.39, 0.29) is 5.69 Å². The summed E-state index contributed by atoms with van der Waals surface area (Å²) in [7, 11) is 0. The molecule has 2 aromatic rings. The molecule has 0 aliphatic heterocycles. The zero-order chi connectivity index (χ0) is 15.2. The van der Waals surface area contributed by atoms with Crippen LogP contribution in [0.4, 0.5) is 0 Å². The third kappa shape index (κ3) is 3.60. The van der Waals surface area contributed by atoms with Crippen molar-refractivity contribution in [3.05, 3.63) is 28.4 Å². The van der Waals surface area contributed by atoms with Gasteiger partial charge in [-0.15, -0.1) is 5.10 Å². The van der Waals surface area contributed by atoms with Crippen LogP contribution in [-0.4, -0.2) is 34.6 Å². The van der Waals surface area contributed by atoms with E-state index in [1.165, 1.54) is 0 Å². The van der Waals surface area contributed by atoms with Gasteiger partial charge in [0.15, 0.2) is 5.69 Å². The van der Waals surface area contributed by atoms with E-state index < -0.39 is 5.97 Å². The van der Waals surface area contributed by atoms with E-state index in [9.17, 15) is 4.79 Å². The van der Waals surface area contributed by atoms with Gasteiger partial charge in [-0.3, -0.25) is 0 Å². The fourth-order valence-electron chi connectivity index (χ4n) is 1.75. The Morgan fingerprint density at radius 2 is 2.14 bits per heavy atom. The van der Waals surface area contributed by atoms with Gasteiger partial charge in [-0.05, 0) is 47.5 Å².